The molecular formula is C15H26N4O. The number of hydrogen-bond acceptors (Lipinski definition) is 3. The summed E-state index contributed by atoms with van der Waals surface area (Å²) in [5.41, 5.74) is 0. The molecular weight excluding hydrogens is 252 g/mol. The molecule has 0 radical (unpaired) electrons. The fourth-order valence-electron chi connectivity index (χ4n) is 3.43. The average molecular weight is 278 g/mol. The zero-order chi connectivity index (χ0) is 13.8. The van der Waals surface area contributed by atoms with Gasteiger partial charge < -0.3 is 15.5 Å². The molecule has 3 aliphatic rings. The number of nitrogens with zero attached hydrogens (tertiary/aromatic N) is 2. The van der Waals surface area contributed by atoms with Gasteiger partial charge in [0, 0.05) is 44.8 Å². The number of amides is 2. The van der Waals surface area contributed by atoms with Crippen molar-refractivity contribution in [1.29, 1.82) is 0 Å². The summed E-state index contributed by atoms with van der Waals surface area (Å²) in [6, 6.07) is 1.16. The third kappa shape index (κ3) is 3.33. The van der Waals surface area contributed by atoms with Crippen LogP contribution in [-0.2, 0) is 0 Å². The van der Waals surface area contributed by atoms with Crippen LogP contribution in [0.4, 0.5) is 4.79 Å². The van der Waals surface area contributed by atoms with Crippen molar-refractivity contribution in [2.45, 2.75) is 37.8 Å². The first-order chi connectivity index (χ1) is 9.83. The molecule has 5 nitrogen and oxygen atoms in total. The van der Waals surface area contributed by atoms with Gasteiger partial charge in [0.25, 0.3) is 0 Å². The van der Waals surface area contributed by atoms with E-state index in [4.69, 9.17) is 0 Å². The molecule has 1 aliphatic carbocycles. The van der Waals surface area contributed by atoms with Crippen molar-refractivity contribution in [3.05, 3.63) is 12.2 Å². The van der Waals surface area contributed by atoms with Crippen LogP contribution in [0.15, 0.2) is 12.2 Å². The highest BCUT2D eigenvalue weighted by Gasteiger charge is 2.28. The minimum absolute atomic E-state index is 0.134. The monoisotopic (exact) mass is 278 g/mol. The molecule has 2 aliphatic heterocycles. The maximum absolute atomic E-state index is 12.3. The SMILES string of the molecule is O=C(NC1CC=CCC1)N1CCN(C2CCNC2)CC1. The molecule has 2 fully saturated rings. The third-order valence-electron chi connectivity index (χ3n) is 4.75. The number of urea groups is 1. The molecule has 20 heavy (non-hydrogen) atoms. The first kappa shape index (κ1) is 13.9. The van der Waals surface area contributed by atoms with Crippen molar-refractivity contribution >= 4 is 6.03 Å². The van der Waals surface area contributed by atoms with Crippen molar-refractivity contribution < 1.29 is 4.79 Å². The van der Waals surface area contributed by atoms with Gasteiger partial charge in [0.05, 0.1) is 0 Å². The molecule has 3 rings (SSSR count). The van der Waals surface area contributed by atoms with Gasteiger partial charge >= 0.3 is 6.03 Å². The number of allylic oxidation sites excluding steroid dienone is 1. The van der Waals surface area contributed by atoms with Gasteiger partial charge in [-0.15, -0.1) is 0 Å². The Labute approximate surface area is 121 Å². The van der Waals surface area contributed by atoms with E-state index >= 15 is 0 Å². The molecule has 112 valence electrons. The van der Waals surface area contributed by atoms with Crippen LogP contribution < -0.4 is 10.6 Å². The Kier molecular flexibility index (Phi) is 4.58. The van der Waals surface area contributed by atoms with Gasteiger partial charge in [-0.2, -0.15) is 0 Å². The highest BCUT2D eigenvalue weighted by Crippen LogP contribution is 2.14. The lowest BCUT2D eigenvalue weighted by molar-refractivity contribution is 0.112. The molecule has 0 saturated carbocycles. The lowest BCUT2D eigenvalue weighted by atomic mass is 10.0. The quantitative estimate of drug-likeness (QED) is 0.734. The van der Waals surface area contributed by atoms with Gasteiger partial charge in [-0.25, -0.2) is 4.79 Å². The predicted molar refractivity (Wildman–Crippen MR) is 79.7 cm³/mol. The molecule has 2 unspecified atom stereocenters. The number of nitrogens with one attached hydrogen (secondary N) is 2. The summed E-state index contributed by atoms with van der Waals surface area (Å²) in [6.45, 7) is 6.02. The summed E-state index contributed by atoms with van der Waals surface area (Å²) >= 11 is 0. The largest absolute Gasteiger partial charge is 0.335 e. The molecule has 2 amide bonds. The molecule has 2 atom stereocenters. The highest BCUT2D eigenvalue weighted by molar-refractivity contribution is 5.74. The minimum atomic E-state index is 0.134. The van der Waals surface area contributed by atoms with Gasteiger partial charge in [-0.3, -0.25) is 4.90 Å². The van der Waals surface area contributed by atoms with E-state index in [-0.39, 0.29) is 6.03 Å². The van der Waals surface area contributed by atoms with Crippen LogP contribution in [0.25, 0.3) is 0 Å². The molecule has 0 aromatic heterocycles. The molecule has 0 aromatic carbocycles. The second kappa shape index (κ2) is 6.59. The fourth-order valence-corrected chi connectivity index (χ4v) is 3.43. The summed E-state index contributed by atoms with van der Waals surface area (Å²) in [5, 5.41) is 6.59. The summed E-state index contributed by atoms with van der Waals surface area (Å²) in [6.07, 6.45) is 8.79. The topological polar surface area (TPSA) is 47.6 Å². The summed E-state index contributed by atoms with van der Waals surface area (Å²) in [5.74, 6) is 0. The van der Waals surface area contributed by atoms with E-state index < -0.39 is 0 Å². The molecule has 2 saturated heterocycles. The van der Waals surface area contributed by atoms with Crippen molar-refractivity contribution in [2.75, 3.05) is 39.3 Å². The number of piperazine rings is 1. The fraction of sp³-hybridized carbons (Fsp3) is 0.800. The maximum Gasteiger partial charge on any atom is 0.317 e. The molecule has 2 N–H and O–H groups in total. The van der Waals surface area contributed by atoms with Crippen LogP contribution in [0.1, 0.15) is 25.7 Å². The standard InChI is InChI=1S/C15H26N4O/c20-15(17-13-4-2-1-3-5-13)19-10-8-18(9-11-19)14-6-7-16-12-14/h1-2,13-14,16H,3-12H2,(H,17,20). The summed E-state index contributed by atoms with van der Waals surface area (Å²) in [4.78, 5) is 16.8. The predicted octanol–water partition coefficient (Wildman–Crippen LogP) is 0.784. The van der Waals surface area contributed by atoms with Gasteiger partial charge in [0.2, 0.25) is 0 Å². The van der Waals surface area contributed by atoms with Crippen LogP contribution in [0, 0.1) is 0 Å². The Morgan fingerprint density at radius 1 is 1.15 bits per heavy atom. The molecule has 5 heteroatoms. The van der Waals surface area contributed by atoms with Crippen molar-refractivity contribution in [3.8, 4) is 0 Å². The van der Waals surface area contributed by atoms with Gasteiger partial charge in [0.15, 0.2) is 0 Å². The zero-order valence-corrected chi connectivity index (χ0v) is 12.2. The number of hydrogen-bond donors (Lipinski definition) is 2. The lowest BCUT2D eigenvalue weighted by Crippen LogP contribution is -2.55. The smallest absolute Gasteiger partial charge is 0.317 e. The third-order valence-corrected chi connectivity index (χ3v) is 4.75. The van der Waals surface area contributed by atoms with E-state index in [1.54, 1.807) is 0 Å². The Balaban J connectivity index is 1.42. The van der Waals surface area contributed by atoms with E-state index in [1.807, 2.05) is 4.90 Å². The number of carbonyl (C=O) groups is 1. The summed E-state index contributed by atoms with van der Waals surface area (Å²) in [7, 11) is 0. The molecule has 0 aromatic rings. The average Bonchev–Trinajstić information content (AvgIpc) is 3.03. The second-order valence-corrected chi connectivity index (χ2v) is 6.10. The van der Waals surface area contributed by atoms with E-state index in [0.29, 0.717) is 12.1 Å². The van der Waals surface area contributed by atoms with Gasteiger partial charge in [-0.05, 0) is 32.2 Å². The minimum Gasteiger partial charge on any atom is -0.335 e. The number of rotatable bonds is 2. The zero-order valence-electron chi connectivity index (χ0n) is 12.2. The lowest BCUT2D eigenvalue weighted by Gasteiger charge is -2.38. The Hall–Kier alpha value is -1.07. The van der Waals surface area contributed by atoms with Gasteiger partial charge in [0.1, 0.15) is 0 Å². The van der Waals surface area contributed by atoms with E-state index in [9.17, 15) is 4.79 Å². The van der Waals surface area contributed by atoms with Crippen molar-refractivity contribution in [3.63, 3.8) is 0 Å². The molecule has 0 bridgehead atoms. The van der Waals surface area contributed by atoms with Crippen LogP contribution in [0.5, 0.6) is 0 Å². The second-order valence-electron chi connectivity index (χ2n) is 6.10. The normalized spacial score (nSPS) is 31.5. The number of carbonyl (C=O) groups excluding carboxylic acids is 1. The Morgan fingerprint density at radius 2 is 2.00 bits per heavy atom. The first-order valence-electron chi connectivity index (χ1n) is 7.98. The van der Waals surface area contributed by atoms with Crippen LogP contribution >= 0.6 is 0 Å². The van der Waals surface area contributed by atoms with E-state index in [0.717, 1.165) is 58.5 Å². The van der Waals surface area contributed by atoms with Crippen molar-refractivity contribution in [2.24, 2.45) is 0 Å². The Morgan fingerprint density at radius 3 is 2.65 bits per heavy atom. The highest BCUT2D eigenvalue weighted by atomic mass is 16.2. The molecule has 0 spiro atoms. The maximum atomic E-state index is 12.3. The van der Waals surface area contributed by atoms with Gasteiger partial charge in [-0.1, -0.05) is 12.2 Å². The summed E-state index contributed by atoms with van der Waals surface area (Å²) < 4.78 is 0. The van der Waals surface area contributed by atoms with Crippen molar-refractivity contribution in [1.82, 2.24) is 20.4 Å². The van der Waals surface area contributed by atoms with E-state index in [2.05, 4.69) is 27.7 Å². The first-order valence-corrected chi connectivity index (χ1v) is 7.98. The van der Waals surface area contributed by atoms with Crippen LogP contribution in [0.3, 0.4) is 0 Å². The van der Waals surface area contributed by atoms with Crippen LogP contribution in [-0.4, -0.2) is 67.2 Å². The van der Waals surface area contributed by atoms with Crippen LogP contribution in [0.2, 0.25) is 0 Å². The van der Waals surface area contributed by atoms with E-state index in [1.165, 1.54) is 6.42 Å². The molecule has 2 heterocycles. The Bertz CT molecular complexity index is 357.